The van der Waals surface area contributed by atoms with Crippen LogP contribution in [0.1, 0.15) is 36.6 Å². The number of hydrogen-bond donors (Lipinski definition) is 0. The molecule has 4 rings (SSSR count). The summed E-state index contributed by atoms with van der Waals surface area (Å²) in [5, 5.41) is 1.27. The van der Waals surface area contributed by atoms with Crippen molar-refractivity contribution in [2.45, 2.75) is 26.3 Å². The van der Waals surface area contributed by atoms with Crippen LogP contribution in [-0.2, 0) is 11.2 Å². The van der Waals surface area contributed by atoms with Crippen molar-refractivity contribution in [1.29, 1.82) is 0 Å². The van der Waals surface area contributed by atoms with Crippen LogP contribution in [0.5, 0.6) is 11.5 Å². The maximum Gasteiger partial charge on any atom is 0.232 e. The molecular formula is C25H23Cl2NO3. The third-order valence-electron chi connectivity index (χ3n) is 5.26. The van der Waals surface area contributed by atoms with Gasteiger partial charge in [0.25, 0.3) is 0 Å². The highest BCUT2D eigenvalue weighted by Gasteiger charge is 2.36. The minimum Gasteiger partial charge on any atom is -0.490 e. The van der Waals surface area contributed by atoms with Crippen LogP contribution in [0.4, 0.5) is 5.69 Å². The van der Waals surface area contributed by atoms with Gasteiger partial charge in [-0.2, -0.15) is 0 Å². The Balaban J connectivity index is 1.91. The predicted molar refractivity (Wildman–Crippen MR) is 125 cm³/mol. The van der Waals surface area contributed by atoms with E-state index in [0.717, 1.165) is 22.4 Å². The molecule has 0 fully saturated rings. The van der Waals surface area contributed by atoms with Gasteiger partial charge in [-0.15, -0.1) is 0 Å². The molecule has 3 aromatic rings. The van der Waals surface area contributed by atoms with Crippen LogP contribution in [0.15, 0.2) is 60.7 Å². The zero-order valence-electron chi connectivity index (χ0n) is 17.4. The Bertz CT molecular complexity index is 1080. The second kappa shape index (κ2) is 9.21. The quantitative estimate of drug-likeness (QED) is 0.427. The minimum atomic E-state index is -0.329. The van der Waals surface area contributed by atoms with Crippen molar-refractivity contribution in [3.05, 3.63) is 87.4 Å². The van der Waals surface area contributed by atoms with Gasteiger partial charge in [-0.05, 0) is 79.1 Å². The Labute approximate surface area is 192 Å². The van der Waals surface area contributed by atoms with Gasteiger partial charge in [0.15, 0.2) is 11.5 Å². The molecule has 0 N–H and O–H groups in total. The highest BCUT2D eigenvalue weighted by atomic mass is 35.5. The van der Waals surface area contributed by atoms with E-state index in [1.54, 1.807) is 12.1 Å². The molecule has 1 atom stereocenters. The number of carbonyl (C=O) groups excluding carboxylic acids is 1. The highest BCUT2D eigenvalue weighted by molar-refractivity contribution is 6.30. The van der Waals surface area contributed by atoms with Gasteiger partial charge in [-0.3, -0.25) is 4.79 Å². The first kappa shape index (κ1) is 21.5. The van der Waals surface area contributed by atoms with Crippen molar-refractivity contribution in [2.24, 2.45) is 0 Å². The molecule has 0 aliphatic carbocycles. The predicted octanol–water partition coefficient (Wildman–Crippen LogP) is 6.47. The summed E-state index contributed by atoms with van der Waals surface area (Å²) in [5.74, 6) is 1.33. The van der Waals surface area contributed by atoms with Gasteiger partial charge in [-0.1, -0.05) is 35.3 Å². The van der Waals surface area contributed by atoms with Gasteiger partial charge >= 0.3 is 0 Å². The smallest absolute Gasteiger partial charge is 0.232 e. The molecule has 3 aromatic carbocycles. The van der Waals surface area contributed by atoms with Gasteiger partial charge in [0.05, 0.1) is 25.7 Å². The second-order valence-electron chi connectivity index (χ2n) is 7.23. The molecule has 4 nitrogen and oxygen atoms in total. The summed E-state index contributed by atoms with van der Waals surface area (Å²) in [6.07, 6.45) is 0.272. The molecule has 1 heterocycles. The third-order valence-corrected chi connectivity index (χ3v) is 5.76. The summed E-state index contributed by atoms with van der Waals surface area (Å²) in [6.45, 7) is 4.91. The summed E-state index contributed by atoms with van der Waals surface area (Å²) < 4.78 is 11.7. The first-order valence-corrected chi connectivity index (χ1v) is 11.0. The largest absolute Gasteiger partial charge is 0.490 e. The van der Waals surface area contributed by atoms with Crippen molar-refractivity contribution in [1.82, 2.24) is 0 Å². The zero-order chi connectivity index (χ0) is 22.0. The van der Waals surface area contributed by atoms with E-state index in [0.29, 0.717) is 34.8 Å². The summed E-state index contributed by atoms with van der Waals surface area (Å²) in [4.78, 5) is 15.2. The van der Waals surface area contributed by atoms with Crippen LogP contribution in [0, 0.1) is 0 Å². The normalized spacial score (nSPS) is 15.5. The third kappa shape index (κ3) is 4.36. The number of rotatable bonds is 6. The molecule has 0 aromatic heterocycles. The van der Waals surface area contributed by atoms with E-state index in [4.69, 9.17) is 32.7 Å². The number of ether oxygens (including phenoxy) is 2. The lowest BCUT2D eigenvalue weighted by atomic mass is 9.87. The minimum absolute atomic E-state index is 0.00128. The van der Waals surface area contributed by atoms with Gasteiger partial charge in [0.1, 0.15) is 0 Å². The standard InChI is InChI=1S/C25H23Cl2NO3/c1-3-30-22-13-17-14-24(29)28(20-11-9-19(27)10-12-20)25(16-5-7-18(26)8-6-16)21(17)15-23(22)31-4-2/h5-13,15,25H,3-4,14H2,1-2H3/t25-/m1/s1. The van der Waals surface area contributed by atoms with E-state index < -0.39 is 0 Å². The summed E-state index contributed by atoms with van der Waals surface area (Å²) >= 11 is 12.2. The van der Waals surface area contributed by atoms with Gasteiger partial charge in [0.2, 0.25) is 5.91 Å². The van der Waals surface area contributed by atoms with Crippen molar-refractivity contribution in [2.75, 3.05) is 18.1 Å². The van der Waals surface area contributed by atoms with Crippen LogP contribution in [0.25, 0.3) is 0 Å². The van der Waals surface area contributed by atoms with Crippen LogP contribution in [-0.4, -0.2) is 19.1 Å². The van der Waals surface area contributed by atoms with Crippen LogP contribution >= 0.6 is 23.2 Å². The number of carbonyl (C=O) groups is 1. The zero-order valence-corrected chi connectivity index (χ0v) is 18.9. The average Bonchev–Trinajstić information content (AvgIpc) is 2.75. The molecule has 1 aliphatic heterocycles. The lowest BCUT2D eigenvalue weighted by Gasteiger charge is -2.38. The lowest BCUT2D eigenvalue weighted by molar-refractivity contribution is -0.118. The fourth-order valence-corrected chi connectivity index (χ4v) is 4.21. The fraction of sp³-hybridized carbons (Fsp3) is 0.240. The fourth-order valence-electron chi connectivity index (χ4n) is 3.96. The Kier molecular flexibility index (Phi) is 6.40. The van der Waals surface area contributed by atoms with Crippen molar-refractivity contribution in [3.63, 3.8) is 0 Å². The van der Waals surface area contributed by atoms with Crippen LogP contribution < -0.4 is 14.4 Å². The van der Waals surface area contributed by atoms with E-state index in [-0.39, 0.29) is 18.4 Å². The molecule has 0 radical (unpaired) electrons. The van der Waals surface area contributed by atoms with E-state index in [1.807, 2.05) is 67.3 Å². The maximum atomic E-state index is 13.4. The number of nitrogens with zero attached hydrogens (tertiary/aromatic N) is 1. The second-order valence-corrected chi connectivity index (χ2v) is 8.11. The number of hydrogen-bond acceptors (Lipinski definition) is 3. The number of anilines is 1. The first-order valence-electron chi connectivity index (χ1n) is 10.3. The first-order chi connectivity index (χ1) is 15.0. The monoisotopic (exact) mass is 455 g/mol. The summed E-state index contributed by atoms with van der Waals surface area (Å²) in [7, 11) is 0. The van der Waals surface area contributed by atoms with E-state index in [1.165, 1.54) is 0 Å². The molecule has 1 amide bonds. The maximum absolute atomic E-state index is 13.4. The molecule has 0 bridgehead atoms. The summed E-state index contributed by atoms with van der Waals surface area (Å²) in [6, 6.07) is 18.5. The molecule has 31 heavy (non-hydrogen) atoms. The van der Waals surface area contributed by atoms with Gasteiger partial charge in [-0.25, -0.2) is 0 Å². The molecule has 160 valence electrons. The van der Waals surface area contributed by atoms with Gasteiger partial charge < -0.3 is 14.4 Å². The Morgan fingerprint density at radius 1 is 0.871 bits per heavy atom. The lowest BCUT2D eigenvalue weighted by Crippen LogP contribution is -2.41. The molecule has 0 spiro atoms. The number of amides is 1. The van der Waals surface area contributed by atoms with E-state index in [9.17, 15) is 4.79 Å². The molecular weight excluding hydrogens is 433 g/mol. The molecule has 0 saturated carbocycles. The Hall–Kier alpha value is -2.69. The number of fused-ring (bicyclic) bond motifs is 1. The van der Waals surface area contributed by atoms with Crippen molar-refractivity contribution < 1.29 is 14.3 Å². The van der Waals surface area contributed by atoms with Crippen LogP contribution in [0.2, 0.25) is 10.0 Å². The van der Waals surface area contributed by atoms with Crippen LogP contribution in [0.3, 0.4) is 0 Å². The Morgan fingerprint density at radius 3 is 2.00 bits per heavy atom. The van der Waals surface area contributed by atoms with Crippen molar-refractivity contribution in [3.8, 4) is 11.5 Å². The highest BCUT2D eigenvalue weighted by Crippen LogP contribution is 2.43. The van der Waals surface area contributed by atoms with E-state index >= 15 is 0 Å². The molecule has 6 heteroatoms. The van der Waals surface area contributed by atoms with E-state index in [2.05, 4.69) is 0 Å². The molecule has 0 saturated heterocycles. The van der Waals surface area contributed by atoms with Gasteiger partial charge in [0, 0.05) is 15.7 Å². The topological polar surface area (TPSA) is 38.8 Å². The Morgan fingerprint density at radius 2 is 1.42 bits per heavy atom. The molecule has 1 aliphatic rings. The number of halogens is 2. The number of benzene rings is 3. The molecule has 0 unspecified atom stereocenters. The average molecular weight is 456 g/mol. The SMILES string of the molecule is CCOc1cc2c(cc1OCC)[C@@H](c1ccc(Cl)cc1)N(c1ccc(Cl)cc1)C(=O)C2. The van der Waals surface area contributed by atoms with Crippen molar-refractivity contribution >= 4 is 34.8 Å². The summed E-state index contributed by atoms with van der Waals surface area (Å²) in [5.41, 5.74) is 3.68.